The highest BCUT2D eigenvalue weighted by Crippen LogP contribution is 2.50. The van der Waals surface area contributed by atoms with Gasteiger partial charge in [-0.1, -0.05) is 0 Å². The predicted octanol–water partition coefficient (Wildman–Crippen LogP) is 4.14. The molecule has 3 atom stereocenters. The molecular formula is C21H25N5O3S. The number of fused-ring (bicyclic) bond motifs is 3. The fourth-order valence-corrected chi connectivity index (χ4v) is 5.81. The minimum Gasteiger partial charge on any atom is -0.444 e. The number of carbonyl (C=O) groups excluding carboxylic acids is 1. The van der Waals surface area contributed by atoms with Crippen molar-refractivity contribution in [2.75, 3.05) is 0 Å². The van der Waals surface area contributed by atoms with E-state index in [-0.39, 0.29) is 29.7 Å². The number of ether oxygens (including phenoxy) is 1. The second-order valence-corrected chi connectivity index (χ2v) is 10.3. The zero-order chi connectivity index (χ0) is 21.2. The van der Waals surface area contributed by atoms with Crippen molar-refractivity contribution >= 4 is 27.6 Å². The number of rotatable bonds is 2. The SMILES string of the molecule is Cc1[nH]ncc1-c1cc2nc([C@@H]3[C@H]4CC[C@H](C4)N3C(=O)OC(C)(C)C)[nH]c(=O)c2s1. The van der Waals surface area contributed by atoms with Crippen LogP contribution in [0.4, 0.5) is 4.79 Å². The zero-order valence-corrected chi connectivity index (χ0v) is 18.3. The number of amides is 1. The van der Waals surface area contributed by atoms with Gasteiger partial charge in [0.05, 0.1) is 17.8 Å². The van der Waals surface area contributed by atoms with E-state index in [4.69, 9.17) is 9.72 Å². The fraction of sp³-hybridized carbons (Fsp3) is 0.524. The molecule has 4 heterocycles. The number of nitrogens with zero attached hydrogens (tertiary/aromatic N) is 3. The number of hydrogen-bond acceptors (Lipinski definition) is 6. The van der Waals surface area contributed by atoms with Gasteiger partial charge in [-0.2, -0.15) is 5.10 Å². The van der Waals surface area contributed by atoms with Crippen LogP contribution >= 0.6 is 11.3 Å². The van der Waals surface area contributed by atoms with Crippen molar-refractivity contribution in [1.29, 1.82) is 0 Å². The molecule has 0 aromatic carbocycles. The third-order valence-electron chi connectivity index (χ3n) is 5.97. The van der Waals surface area contributed by atoms with E-state index < -0.39 is 5.60 Å². The number of thiophene rings is 1. The van der Waals surface area contributed by atoms with Gasteiger partial charge in [-0.15, -0.1) is 11.3 Å². The molecule has 3 aromatic rings. The van der Waals surface area contributed by atoms with Crippen molar-refractivity contribution < 1.29 is 9.53 Å². The Morgan fingerprint density at radius 2 is 2.13 bits per heavy atom. The number of piperidine rings is 1. The number of aromatic nitrogens is 4. The zero-order valence-electron chi connectivity index (χ0n) is 17.5. The number of aryl methyl sites for hydroxylation is 1. The molecule has 2 N–H and O–H groups in total. The van der Waals surface area contributed by atoms with Crippen LogP contribution in [-0.4, -0.2) is 42.8 Å². The first-order valence-electron chi connectivity index (χ1n) is 10.3. The van der Waals surface area contributed by atoms with Gasteiger partial charge in [0.1, 0.15) is 16.1 Å². The predicted molar refractivity (Wildman–Crippen MR) is 115 cm³/mol. The summed E-state index contributed by atoms with van der Waals surface area (Å²) in [4.78, 5) is 36.4. The van der Waals surface area contributed by atoms with E-state index in [1.54, 1.807) is 11.1 Å². The van der Waals surface area contributed by atoms with Crippen LogP contribution in [0.2, 0.25) is 0 Å². The van der Waals surface area contributed by atoms with E-state index in [0.717, 1.165) is 35.4 Å². The third kappa shape index (κ3) is 3.12. The maximum Gasteiger partial charge on any atom is 0.411 e. The third-order valence-corrected chi connectivity index (χ3v) is 7.12. The molecule has 5 rings (SSSR count). The molecule has 9 heteroatoms. The van der Waals surface area contributed by atoms with Crippen molar-refractivity contribution in [2.45, 2.75) is 64.6 Å². The summed E-state index contributed by atoms with van der Waals surface area (Å²) in [6.07, 6.45) is 4.35. The molecule has 1 amide bonds. The largest absolute Gasteiger partial charge is 0.444 e. The normalized spacial score (nSPS) is 23.5. The van der Waals surface area contributed by atoms with E-state index in [1.807, 2.05) is 33.8 Å². The van der Waals surface area contributed by atoms with Crippen LogP contribution < -0.4 is 5.56 Å². The van der Waals surface area contributed by atoms with Crippen LogP contribution in [0.25, 0.3) is 20.7 Å². The number of carbonyl (C=O) groups is 1. The number of nitrogens with one attached hydrogen (secondary N) is 2. The summed E-state index contributed by atoms with van der Waals surface area (Å²) < 4.78 is 6.25. The van der Waals surface area contributed by atoms with Crippen LogP contribution in [-0.2, 0) is 4.74 Å². The van der Waals surface area contributed by atoms with Crippen LogP contribution in [0.5, 0.6) is 0 Å². The topological polar surface area (TPSA) is 104 Å². The van der Waals surface area contributed by atoms with E-state index in [0.29, 0.717) is 16.0 Å². The van der Waals surface area contributed by atoms with Crippen molar-refractivity contribution in [3.8, 4) is 10.4 Å². The standard InChI is InChI=1S/C21H25N5O3S/c1-10-13(9-22-25-10)15-8-14-17(30-15)19(27)24-18(23-14)16-11-5-6-12(7-11)26(16)20(28)29-21(2,3)4/h8-9,11-12,16H,5-7H2,1-4H3,(H,22,25)(H,23,24,27)/t11-,12+,16-/m0/s1. The maximum atomic E-state index is 13.0. The molecule has 0 spiro atoms. The van der Waals surface area contributed by atoms with Gasteiger partial charge in [-0.3, -0.25) is 14.8 Å². The lowest BCUT2D eigenvalue weighted by atomic mass is 9.98. The Bertz CT molecular complexity index is 1190. The van der Waals surface area contributed by atoms with Gasteiger partial charge >= 0.3 is 6.09 Å². The summed E-state index contributed by atoms with van der Waals surface area (Å²) in [5, 5.41) is 7.00. The summed E-state index contributed by atoms with van der Waals surface area (Å²) in [5.74, 6) is 0.844. The van der Waals surface area contributed by atoms with Crippen LogP contribution in [0.3, 0.4) is 0 Å². The Hall–Kier alpha value is -2.68. The van der Waals surface area contributed by atoms with Crippen LogP contribution in [0.15, 0.2) is 17.1 Å². The molecule has 2 bridgehead atoms. The highest BCUT2D eigenvalue weighted by Gasteiger charge is 2.51. The van der Waals surface area contributed by atoms with Gasteiger partial charge in [0.25, 0.3) is 5.56 Å². The molecule has 30 heavy (non-hydrogen) atoms. The minimum absolute atomic E-state index is 0.141. The van der Waals surface area contributed by atoms with Gasteiger partial charge in [0.2, 0.25) is 0 Å². The molecule has 158 valence electrons. The Morgan fingerprint density at radius 1 is 1.33 bits per heavy atom. The molecule has 0 unspecified atom stereocenters. The van der Waals surface area contributed by atoms with Crippen LogP contribution in [0.1, 0.15) is 57.6 Å². The second kappa shape index (κ2) is 6.66. The number of aromatic amines is 2. The Labute approximate surface area is 177 Å². The summed E-state index contributed by atoms with van der Waals surface area (Å²) in [6.45, 7) is 7.55. The van der Waals surface area contributed by atoms with E-state index in [1.165, 1.54) is 11.3 Å². The highest BCUT2D eigenvalue weighted by molar-refractivity contribution is 7.22. The van der Waals surface area contributed by atoms with Crippen molar-refractivity contribution in [1.82, 2.24) is 25.1 Å². The molecule has 8 nitrogen and oxygen atoms in total. The van der Waals surface area contributed by atoms with Crippen molar-refractivity contribution in [3.05, 3.63) is 34.1 Å². The summed E-state index contributed by atoms with van der Waals surface area (Å²) in [5.41, 5.74) is 1.83. The van der Waals surface area contributed by atoms with Gasteiger partial charge in [-0.25, -0.2) is 9.78 Å². The fourth-order valence-electron chi connectivity index (χ4n) is 4.75. The lowest BCUT2D eigenvalue weighted by Gasteiger charge is -2.35. The lowest BCUT2D eigenvalue weighted by molar-refractivity contribution is 0.00611. The van der Waals surface area contributed by atoms with E-state index in [9.17, 15) is 9.59 Å². The number of H-pyrrole nitrogens is 2. The smallest absolute Gasteiger partial charge is 0.411 e. The molecule has 2 aliphatic rings. The molecule has 3 aromatic heterocycles. The second-order valence-electron chi connectivity index (χ2n) is 9.24. The minimum atomic E-state index is -0.570. The van der Waals surface area contributed by atoms with Gasteiger partial charge in [-0.05, 0) is 58.9 Å². The monoisotopic (exact) mass is 427 g/mol. The lowest BCUT2D eigenvalue weighted by Crippen LogP contribution is -2.44. The quantitative estimate of drug-likeness (QED) is 0.639. The Morgan fingerprint density at radius 3 is 2.83 bits per heavy atom. The summed E-state index contributed by atoms with van der Waals surface area (Å²) in [6, 6.07) is 1.82. The molecule has 1 aliphatic carbocycles. The van der Waals surface area contributed by atoms with Crippen LogP contribution in [0, 0.1) is 12.8 Å². The first-order valence-corrected chi connectivity index (χ1v) is 11.1. The molecule has 0 radical (unpaired) electrons. The van der Waals surface area contributed by atoms with E-state index in [2.05, 4.69) is 15.2 Å². The van der Waals surface area contributed by atoms with Gasteiger partial charge < -0.3 is 9.72 Å². The Kier molecular flexibility index (Phi) is 4.29. The molecule has 1 saturated heterocycles. The number of likely N-dealkylation sites (tertiary alicyclic amines) is 1. The van der Waals surface area contributed by atoms with E-state index >= 15 is 0 Å². The van der Waals surface area contributed by atoms with Gasteiger partial charge in [0, 0.05) is 22.2 Å². The summed E-state index contributed by atoms with van der Waals surface area (Å²) in [7, 11) is 0. The molecule has 1 saturated carbocycles. The first-order chi connectivity index (χ1) is 14.2. The number of hydrogen-bond donors (Lipinski definition) is 2. The average Bonchev–Trinajstić information content (AvgIpc) is 3.42. The molecule has 1 aliphatic heterocycles. The molecule has 2 fully saturated rings. The maximum absolute atomic E-state index is 13.0. The average molecular weight is 428 g/mol. The van der Waals surface area contributed by atoms with Crippen molar-refractivity contribution in [2.24, 2.45) is 5.92 Å². The summed E-state index contributed by atoms with van der Waals surface area (Å²) >= 11 is 1.41. The first kappa shape index (κ1) is 19.3. The highest BCUT2D eigenvalue weighted by atomic mass is 32.1. The molecular weight excluding hydrogens is 402 g/mol. The Balaban J connectivity index is 1.55. The van der Waals surface area contributed by atoms with Gasteiger partial charge in [0.15, 0.2) is 0 Å². The van der Waals surface area contributed by atoms with Crippen molar-refractivity contribution in [3.63, 3.8) is 0 Å².